The van der Waals surface area contributed by atoms with Gasteiger partial charge >= 0.3 is 0 Å². The van der Waals surface area contributed by atoms with E-state index in [1.165, 1.54) is 0 Å². The number of aliphatic hydroxyl groups is 1. The summed E-state index contributed by atoms with van der Waals surface area (Å²) in [6.07, 6.45) is 5.98. The van der Waals surface area contributed by atoms with E-state index in [9.17, 15) is 0 Å². The van der Waals surface area contributed by atoms with Crippen LogP contribution in [0.15, 0.2) is 12.2 Å². The molecule has 0 bridgehead atoms. The Morgan fingerprint density at radius 2 is 2.30 bits per heavy atom. The van der Waals surface area contributed by atoms with Crippen LogP contribution in [0.5, 0.6) is 0 Å². The molecule has 0 saturated heterocycles. The van der Waals surface area contributed by atoms with E-state index in [0.717, 1.165) is 12.8 Å². The fraction of sp³-hybridized carbons (Fsp3) is 0.714. The molecular formula is C7H14ClNO. The van der Waals surface area contributed by atoms with Crippen LogP contribution in [0, 0.1) is 5.92 Å². The lowest BCUT2D eigenvalue weighted by Crippen LogP contribution is -2.25. The van der Waals surface area contributed by atoms with E-state index in [1.807, 2.05) is 6.08 Å². The van der Waals surface area contributed by atoms with E-state index in [-0.39, 0.29) is 25.1 Å². The summed E-state index contributed by atoms with van der Waals surface area (Å²) in [7, 11) is 0. The van der Waals surface area contributed by atoms with Gasteiger partial charge in [0.25, 0.3) is 0 Å². The van der Waals surface area contributed by atoms with Gasteiger partial charge in [-0.25, -0.2) is 0 Å². The summed E-state index contributed by atoms with van der Waals surface area (Å²) < 4.78 is 0. The van der Waals surface area contributed by atoms with Gasteiger partial charge in [-0.15, -0.1) is 12.4 Å². The summed E-state index contributed by atoms with van der Waals surface area (Å²) in [6.45, 7) is 0.276. The third-order valence-electron chi connectivity index (χ3n) is 1.72. The predicted octanol–water partition coefficient (Wildman–Crippen LogP) is 0.694. The molecule has 0 radical (unpaired) electrons. The topological polar surface area (TPSA) is 46.2 Å². The van der Waals surface area contributed by atoms with Gasteiger partial charge in [-0.2, -0.15) is 0 Å². The standard InChI is InChI=1S/C7H13NO.ClH/c8-7-3-1-2-6(4-7)5-9;/h1,3,6-7,9H,2,4-5,8H2;1H/t6-,7-;/m1./s1. The lowest BCUT2D eigenvalue weighted by molar-refractivity contribution is 0.213. The monoisotopic (exact) mass is 163 g/mol. The van der Waals surface area contributed by atoms with Crippen molar-refractivity contribution >= 4 is 12.4 Å². The molecule has 0 fully saturated rings. The maximum atomic E-state index is 8.72. The number of rotatable bonds is 1. The molecule has 0 aromatic rings. The first-order valence-corrected chi connectivity index (χ1v) is 3.36. The molecule has 3 N–H and O–H groups in total. The molecular weight excluding hydrogens is 150 g/mol. The van der Waals surface area contributed by atoms with Crippen LogP contribution in [0.1, 0.15) is 12.8 Å². The average molecular weight is 164 g/mol. The van der Waals surface area contributed by atoms with Crippen molar-refractivity contribution < 1.29 is 5.11 Å². The van der Waals surface area contributed by atoms with E-state index in [2.05, 4.69) is 6.08 Å². The van der Waals surface area contributed by atoms with Crippen molar-refractivity contribution in [2.24, 2.45) is 11.7 Å². The van der Waals surface area contributed by atoms with Crippen LogP contribution in [0.4, 0.5) is 0 Å². The Morgan fingerprint density at radius 3 is 2.70 bits per heavy atom. The highest BCUT2D eigenvalue weighted by molar-refractivity contribution is 5.85. The zero-order valence-corrected chi connectivity index (χ0v) is 6.68. The first-order chi connectivity index (χ1) is 4.33. The molecule has 0 amide bonds. The Kier molecular flexibility index (Phi) is 4.69. The molecule has 0 heterocycles. The summed E-state index contributed by atoms with van der Waals surface area (Å²) in [6, 6.07) is 0.177. The number of nitrogens with two attached hydrogens (primary N) is 1. The molecule has 3 heteroatoms. The minimum absolute atomic E-state index is 0. The fourth-order valence-corrected chi connectivity index (χ4v) is 1.15. The van der Waals surface area contributed by atoms with Crippen molar-refractivity contribution in [3.05, 3.63) is 12.2 Å². The molecule has 1 rings (SSSR count). The SMILES string of the molecule is Cl.N[C@@H]1C=CC[C@@H](CO)C1. The molecule has 0 saturated carbocycles. The fourth-order valence-electron chi connectivity index (χ4n) is 1.15. The summed E-state index contributed by atoms with van der Waals surface area (Å²) in [5.41, 5.74) is 5.60. The first-order valence-electron chi connectivity index (χ1n) is 3.36. The summed E-state index contributed by atoms with van der Waals surface area (Å²) in [5, 5.41) is 8.72. The molecule has 0 aliphatic heterocycles. The van der Waals surface area contributed by atoms with Gasteiger partial charge in [0.1, 0.15) is 0 Å². The van der Waals surface area contributed by atoms with E-state index < -0.39 is 0 Å². The lowest BCUT2D eigenvalue weighted by atomic mass is 9.92. The summed E-state index contributed by atoms with van der Waals surface area (Å²) in [5.74, 6) is 0.407. The van der Waals surface area contributed by atoms with Crippen molar-refractivity contribution in [3.8, 4) is 0 Å². The van der Waals surface area contributed by atoms with Gasteiger partial charge in [0.15, 0.2) is 0 Å². The van der Waals surface area contributed by atoms with Crippen LogP contribution >= 0.6 is 12.4 Å². The highest BCUT2D eigenvalue weighted by Crippen LogP contribution is 2.15. The molecule has 1 aliphatic carbocycles. The number of halogens is 1. The number of allylic oxidation sites excluding steroid dienone is 1. The van der Waals surface area contributed by atoms with Gasteiger partial charge < -0.3 is 10.8 Å². The maximum Gasteiger partial charge on any atom is 0.0462 e. The van der Waals surface area contributed by atoms with Crippen LogP contribution in [-0.4, -0.2) is 17.8 Å². The summed E-state index contributed by atoms with van der Waals surface area (Å²) >= 11 is 0. The number of aliphatic hydroxyl groups excluding tert-OH is 1. The third kappa shape index (κ3) is 2.69. The van der Waals surface area contributed by atoms with Gasteiger partial charge in [-0.05, 0) is 18.8 Å². The predicted molar refractivity (Wildman–Crippen MR) is 44.2 cm³/mol. The molecule has 0 spiro atoms. The summed E-state index contributed by atoms with van der Waals surface area (Å²) in [4.78, 5) is 0. The molecule has 0 aromatic carbocycles. The molecule has 0 aromatic heterocycles. The molecule has 2 atom stereocenters. The lowest BCUT2D eigenvalue weighted by Gasteiger charge is -2.19. The largest absolute Gasteiger partial charge is 0.396 e. The Balaban J connectivity index is 0.000000810. The van der Waals surface area contributed by atoms with Crippen molar-refractivity contribution in [1.82, 2.24) is 0 Å². The highest BCUT2D eigenvalue weighted by Gasteiger charge is 2.12. The van der Waals surface area contributed by atoms with E-state index in [0.29, 0.717) is 5.92 Å². The van der Waals surface area contributed by atoms with Gasteiger partial charge in [0.2, 0.25) is 0 Å². The number of hydrogen-bond donors (Lipinski definition) is 2. The Morgan fingerprint density at radius 1 is 1.60 bits per heavy atom. The van der Waals surface area contributed by atoms with E-state index >= 15 is 0 Å². The second kappa shape index (κ2) is 4.72. The zero-order valence-electron chi connectivity index (χ0n) is 5.86. The average Bonchev–Trinajstić information content (AvgIpc) is 1.88. The van der Waals surface area contributed by atoms with Gasteiger partial charge in [-0.3, -0.25) is 0 Å². The quantitative estimate of drug-likeness (QED) is 0.559. The smallest absolute Gasteiger partial charge is 0.0462 e. The highest BCUT2D eigenvalue weighted by atomic mass is 35.5. The van der Waals surface area contributed by atoms with E-state index in [1.54, 1.807) is 0 Å². The van der Waals surface area contributed by atoms with Crippen LogP contribution in [0.25, 0.3) is 0 Å². The maximum absolute atomic E-state index is 8.72. The molecule has 0 unspecified atom stereocenters. The van der Waals surface area contributed by atoms with Gasteiger partial charge in [0.05, 0.1) is 0 Å². The van der Waals surface area contributed by atoms with E-state index in [4.69, 9.17) is 10.8 Å². The molecule has 10 heavy (non-hydrogen) atoms. The van der Waals surface area contributed by atoms with Crippen LogP contribution < -0.4 is 5.73 Å². The van der Waals surface area contributed by atoms with Crippen LogP contribution in [0.2, 0.25) is 0 Å². The van der Waals surface area contributed by atoms with Crippen molar-refractivity contribution in [3.63, 3.8) is 0 Å². The van der Waals surface area contributed by atoms with Gasteiger partial charge in [-0.1, -0.05) is 12.2 Å². The first kappa shape index (κ1) is 9.95. The Hall–Kier alpha value is -0.0500. The minimum atomic E-state index is 0. The van der Waals surface area contributed by atoms with Crippen LogP contribution in [0.3, 0.4) is 0 Å². The van der Waals surface area contributed by atoms with Crippen molar-refractivity contribution in [2.75, 3.05) is 6.61 Å². The molecule has 60 valence electrons. The second-order valence-corrected chi connectivity index (χ2v) is 2.61. The Labute approximate surface area is 67.5 Å². The Bertz CT molecular complexity index is 116. The molecule has 1 aliphatic rings. The van der Waals surface area contributed by atoms with Crippen LogP contribution in [-0.2, 0) is 0 Å². The molecule has 2 nitrogen and oxygen atoms in total. The minimum Gasteiger partial charge on any atom is -0.396 e. The normalized spacial score (nSPS) is 31.4. The third-order valence-corrected chi connectivity index (χ3v) is 1.72. The zero-order chi connectivity index (χ0) is 6.69. The van der Waals surface area contributed by atoms with Crippen molar-refractivity contribution in [1.29, 1.82) is 0 Å². The number of hydrogen-bond acceptors (Lipinski definition) is 2. The second-order valence-electron chi connectivity index (χ2n) is 2.61. The van der Waals surface area contributed by atoms with Gasteiger partial charge in [0, 0.05) is 12.6 Å². The van der Waals surface area contributed by atoms with Crippen molar-refractivity contribution in [2.45, 2.75) is 18.9 Å².